The summed E-state index contributed by atoms with van der Waals surface area (Å²) in [4.78, 5) is 23.5. The number of unbranched alkanes of at least 4 members (excludes halogenated alkanes) is 12. The Hall–Kier alpha value is -1.32. The van der Waals surface area contributed by atoms with Crippen LogP contribution in [0.3, 0.4) is 0 Å². The molecule has 1 amide bonds. The molecule has 0 aromatic rings. The van der Waals surface area contributed by atoms with E-state index in [9.17, 15) is 9.59 Å². The number of nitrogens with zero attached hydrogens (tertiary/aromatic N) is 1. The molecule has 0 heterocycles. The van der Waals surface area contributed by atoms with E-state index in [0.29, 0.717) is 6.42 Å². The van der Waals surface area contributed by atoms with Crippen LogP contribution in [0.25, 0.3) is 0 Å². The third kappa shape index (κ3) is 17.5. The Morgan fingerprint density at radius 1 is 0.769 bits per heavy atom. The molecule has 1 N–H and O–H groups in total. The summed E-state index contributed by atoms with van der Waals surface area (Å²) in [7, 11) is 1.55. The molecule has 0 saturated carbocycles. The highest BCUT2D eigenvalue weighted by atomic mass is 16.4. The fourth-order valence-electron chi connectivity index (χ4n) is 3.01. The summed E-state index contributed by atoms with van der Waals surface area (Å²) < 4.78 is 0. The quantitative estimate of drug-likeness (QED) is 0.240. The molecule has 0 aromatic carbocycles. The molecule has 0 spiro atoms. The first-order valence-corrected chi connectivity index (χ1v) is 10.7. The Balaban J connectivity index is 3.30. The maximum Gasteiger partial charge on any atom is 0.323 e. The molecule has 0 unspecified atom stereocenters. The lowest BCUT2D eigenvalue weighted by molar-refractivity contribution is -0.143. The van der Waals surface area contributed by atoms with Crippen molar-refractivity contribution in [1.29, 1.82) is 0 Å². The van der Waals surface area contributed by atoms with Crippen LogP contribution >= 0.6 is 0 Å². The van der Waals surface area contributed by atoms with Crippen LogP contribution in [0.1, 0.15) is 103 Å². The normalized spacial score (nSPS) is 11.2. The van der Waals surface area contributed by atoms with E-state index >= 15 is 0 Å². The van der Waals surface area contributed by atoms with Gasteiger partial charge in [0.1, 0.15) is 6.54 Å². The molecule has 0 saturated heterocycles. The third-order valence-corrected chi connectivity index (χ3v) is 4.70. The molecule has 0 fully saturated rings. The molecule has 0 aliphatic heterocycles. The smallest absolute Gasteiger partial charge is 0.323 e. The van der Waals surface area contributed by atoms with E-state index in [1.54, 1.807) is 7.05 Å². The average Bonchev–Trinajstić information content (AvgIpc) is 2.60. The van der Waals surface area contributed by atoms with Crippen molar-refractivity contribution in [2.24, 2.45) is 0 Å². The number of allylic oxidation sites excluding steroid dienone is 2. The monoisotopic (exact) mass is 367 g/mol. The van der Waals surface area contributed by atoms with Crippen molar-refractivity contribution in [1.82, 2.24) is 4.90 Å². The van der Waals surface area contributed by atoms with Crippen LogP contribution in [-0.4, -0.2) is 35.5 Å². The van der Waals surface area contributed by atoms with Crippen molar-refractivity contribution < 1.29 is 14.7 Å². The van der Waals surface area contributed by atoms with Gasteiger partial charge in [0.05, 0.1) is 0 Å². The third-order valence-electron chi connectivity index (χ3n) is 4.70. The second kappa shape index (κ2) is 18.5. The van der Waals surface area contributed by atoms with Gasteiger partial charge in [-0.1, -0.05) is 76.9 Å². The van der Waals surface area contributed by atoms with E-state index in [1.807, 2.05) is 0 Å². The van der Waals surface area contributed by atoms with Crippen LogP contribution < -0.4 is 0 Å². The van der Waals surface area contributed by atoms with Crippen LogP contribution in [0.4, 0.5) is 0 Å². The number of likely N-dealkylation sites (N-methyl/N-ethyl adjacent to an activating group) is 1. The molecular weight excluding hydrogens is 326 g/mol. The van der Waals surface area contributed by atoms with E-state index < -0.39 is 5.97 Å². The Bertz CT molecular complexity index is 380. The fourth-order valence-corrected chi connectivity index (χ4v) is 3.01. The molecule has 0 aliphatic rings. The second-order valence-electron chi connectivity index (χ2n) is 7.33. The predicted molar refractivity (Wildman–Crippen MR) is 109 cm³/mol. The highest BCUT2D eigenvalue weighted by Gasteiger charge is 2.10. The molecule has 26 heavy (non-hydrogen) atoms. The summed E-state index contributed by atoms with van der Waals surface area (Å²) in [6, 6.07) is 0. The van der Waals surface area contributed by atoms with Crippen molar-refractivity contribution in [3.05, 3.63) is 12.2 Å². The molecule has 0 aromatic heterocycles. The van der Waals surface area contributed by atoms with Crippen molar-refractivity contribution in [2.75, 3.05) is 13.6 Å². The number of carboxylic acids is 1. The summed E-state index contributed by atoms with van der Waals surface area (Å²) >= 11 is 0. The average molecular weight is 368 g/mol. The maximum absolute atomic E-state index is 11.7. The number of carbonyl (C=O) groups is 2. The molecule has 152 valence electrons. The zero-order chi connectivity index (χ0) is 19.5. The Kier molecular flexibility index (Phi) is 17.5. The van der Waals surface area contributed by atoms with E-state index in [0.717, 1.165) is 25.7 Å². The van der Waals surface area contributed by atoms with Gasteiger partial charge < -0.3 is 10.0 Å². The van der Waals surface area contributed by atoms with E-state index in [4.69, 9.17) is 5.11 Å². The number of rotatable bonds is 18. The fraction of sp³-hybridized carbons (Fsp3) is 0.818. The Morgan fingerprint density at radius 3 is 1.73 bits per heavy atom. The predicted octanol–water partition coefficient (Wildman–Crippen LogP) is 5.96. The first kappa shape index (κ1) is 24.7. The van der Waals surface area contributed by atoms with Crippen molar-refractivity contribution in [2.45, 2.75) is 103 Å². The first-order valence-electron chi connectivity index (χ1n) is 10.7. The van der Waals surface area contributed by atoms with Crippen molar-refractivity contribution in [3.63, 3.8) is 0 Å². The summed E-state index contributed by atoms with van der Waals surface area (Å²) in [5, 5.41) is 8.65. The molecule has 4 nitrogen and oxygen atoms in total. The van der Waals surface area contributed by atoms with Crippen LogP contribution in [-0.2, 0) is 9.59 Å². The first-order chi connectivity index (χ1) is 12.6. The number of carboxylic acid groups (broad SMARTS) is 1. The minimum absolute atomic E-state index is 0.0688. The molecule has 0 aliphatic carbocycles. The van der Waals surface area contributed by atoms with Crippen LogP contribution in [0.15, 0.2) is 12.2 Å². The summed E-state index contributed by atoms with van der Waals surface area (Å²) in [6.45, 7) is 2.06. The molecule has 0 bridgehead atoms. The van der Waals surface area contributed by atoms with Crippen LogP contribution in [0, 0.1) is 0 Å². The van der Waals surface area contributed by atoms with Gasteiger partial charge in [0.15, 0.2) is 0 Å². The number of hydrogen-bond acceptors (Lipinski definition) is 2. The molecule has 0 radical (unpaired) electrons. The lowest BCUT2D eigenvalue weighted by atomic mass is 10.1. The topological polar surface area (TPSA) is 57.6 Å². The number of amides is 1. The van der Waals surface area contributed by atoms with Gasteiger partial charge in [0, 0.05) is 13.5 Å². The van der Waals surface area contributed by atoms with Crippen molar-refractivity contribution in [3.8, 4) is 0 Å². The lowest BCUT2D eigenvalue weighted by Crippen LogP contribution is -2.31. The summed E-state index contributed by atoms with van der Waals surface area (Å²) in [6.07, 6.45) is 22.6. The van der Waals surface area contributed by atoms with Gasteiger partial charge in [0.2, 0.25) is 5.91 Å². The number of hydrogen-bond donors (Lipinski definition) is 1. The van der Waals surface area contributed by atoms with Gasteiger partial charge in [-0.25, -0.2) is 0 Å². The van der Waals surface area contributed by atoms with Gasteiger partial charge in [-0.05, 0) is 32.1 Å². The van der Waals surface area contributed by atoms with Gasteiger partial charge in [-0.3, -0.25) is 9.59 Å². The zero-order valence-corrected chi connectivity index (χ0v) is 17.2. The van der Waals surface area contributed by atoms with E-state index in [-0.39, 0.29) is 12.5 Å². The maximum atomic E-state index is 11.7. The minimum atomic E-state index is -0.958. The van der Waals surface area contributed by atoms with Crippen LogP contribution in [0.5, 0.6) is 0 Å². The summed E-state index contributed by atoms with van der Waals surface area (Å²) in [5.41, 5.74) is 0. The van der Waals surface area contributed by atoms with E-state index in [1.165, 1.54) is 69.1 Å². The van der Waals surface area contributed by atoms with Gasteiger partial charge in [-0.15, -0.1) is 0 Å². The van der Waals surface area contributed by atoms with E-state index in [2.05, 4.69) is 19.1 Å². The van der Waals surface area contributed by atoms with Gasteiger partial charge >= 0.3 is 5.97 Å². The molecule has 4 heteroatoms. The Morgan fingerprint density at radius 2 is 1.23 bits per heavy atom. The molecule has 0 atom stereocenters. The standard InChI is InChI=1S/C22H41NO3/c1-3-4-5-6-7-8-9-10-11-12-13-14-15-16-17-18-19-21(24)23(2)20-22(25)26/h11-12H,3-10,13-20H2,1-2H3,(H,25,26)/b12-11-. The highest BCUT2D eigenvalue weighted by molar-refractivity contribution is 5.80. The Labute approximate surface area is 161 Å². The largest absolute Gasteiger partial charge is 0.480 e. The number of carbonyl (C=O) groups excluding carboxylic acids is 1. The molecule has 0 rings (SSSR count). The van der Waals surface area contributed by atoms with Gasteiger partial charge in [-0.2, -0.15) is 0 Å². The molecular formula is C22H41NO3. The van der Waals surface area contributed by atoms with Crippen molar-refractivity contribution >= 4 is 11.9 Å². The zero-order valence-electron chi connectivity index (χ0n) is 17.2. The number of aliphatic carboxylic acids is 1. The van der Waals surface area contributed by atoms with Gasteiger partial charge in [0.25, 0.3) is 0 Å². The summed E-state index contributed by atoms with van der Waals surface area (Å²) in [5.74, 6) is -1.03. The lowest BCUT2D eigenvalue weighted by Gasteiger charge is -2.14. The SMILES string of the molecule is CCCCCCCCC/C=C\CCCCCCCC(=O)N(C)CC(=O)O. The highest BCUT2D eigenvalue weighted by Crippen LogP contribution is 2.10. The second-order valence-corrected chi connectivity index (χ2v) is 7.33. The minimum Gasteiger partial charge on any atom is -0.480 e. The van der Waals surface area contributed by atoms with Crippen LogP contribution in [0.2, 0.25) is 0 Å².